The van der Waals surface area contributed by atoms with Crippen LogP contribution in [-0.4, -0.2) is 58.5 Å². The van der Waals surface area contributed by atoms with Crippen LogP contribution in [0.2, 0.25) is 5.02 Å². The monoisotopic (exact) mass is 399 g/mol. The zero-order valence-corrected chi connectivity index (χ0v) is 15.8. The van der Waals surface area contributed by atoms with Crippen LogP contribution in [0.1, 0.15) is 19.3 Å². The fraction of sp³-hybridized carbons (Fsp3) is 0.500. The number of carbonyl (C=O) groups excluding carboxylic acids is 1. The summed E-state index contributed by atoms with van der Waals surface area (Å²) in [5, 5.41) is 1.30. The van der Waals surface area contributed by atoms with E-state index in [2.05, 4.69) is 9.97 Å². The highest BCUT2D eigenvalue weighted by molar-refractivity contribution is 7.99. The van der Waals surface area contributed by atoms with Gasteiger partial charge in [-0.3, -0.25) is 4.79 Å². The SMILES string of the molecule is O=C(CSc1nc2ccc(Cl)cc2[nH]1)N(C1CC1)[C@H]1CCS(=O)(=O)C1. The molecule has 4 rings (SSSR count). The summed E-state index contributed by atoms with van der Waals surface area (Å²) in [4.78, 5) is 22.1. The van der Waals surface area contributed by atoms with Gasteiger partial charge in [-0.1, -0.05) is 23.4 Å². The summed E-state index contributed by atoms with van der Waals surface area (Å²) in [6, 6.07) is 5.45. The number of amides is 1. The highest BCUT2D eigenvalue weighted by atomic mass is 35.5. The highest BCUT2D eigenvalue weighted by Gasteiger charge is 2.41. The first-order valence-electron chi connectivity index (χ1n) is 8.21. The summed E-state index contributed by atoms with van der Waals surface area (Å²) < 4.78 is 23.5. The Kier molecular flexibility index (Phi) is 4.45. The van der Waals surface area contributed by atoms with E-state index in [-0.39, 0.29) is 35.2 Å². The number of imidazole rings is 1. The molecule has 1 saturated carbocycles. The van der Waals surface area contributed by atoms with Crippen LogP contribution in [0.4, 0.5) is 0 Å². The number of nitrogens with zero attached hydrogens (tertiary/aromatic N) is 2. The minimum Gasteiger partial charge on any atom is -0.335 e. The minimum absolute atomic E-state index is 0.00640. The van der Waals surface area contributed by atoms with Gasteiger partial charge < -0.3 is 9.88 Å². The number of fused-ring (bicyclic) bond motifs is 1. The summed E-state index contributed by atoms with van der Waals surface area (Å²) in [5.41, 5.74) is 1.64. The van der Waals surface area contributed by atoms with E-state index in [1.54, 1.807) is 12.1 Å². The molecule has 0 radical (unpaired) electrons. The molecule has 2 fully saturated rings. The number of aromatic amines is 1. The van der Waals surface area contributed by atoms with Crippen LogP contribution in [0.15, 0.2) is 23.4 Å². The van der Waals surface area contributed by atoms with Crippen molar-refractivity contribution in [1.29, 1.82) is 0 Å². The van der Waals surface area contributed by atoms with Gasteiger partial charge in [0.25, 0.3) is 0 Å². The lowest BCUT2D eigenvalue weighted by Gasteiger charge is -2.28. The number of nitrogens with one attached hydrogen (secondary N) is 1. The molecule has 0 unspecified atom stereocenters. The number of H-pyrrole nitrogens is 1. The molecule has 2 heterocycles. The van der Waals surface area contributed by atoms with E-state index in [9.17, 15) is 13.2 Å². The van der Waals surface area contributed by atoms with E-state index in [0.29, 0.717) is 16.6 Å². The molecule has 2 aliphatic rings. The van der Waals surface area contributed by atoms with Crippen molar-refractivity contribution in [2.75, 3.05) is 17.3 Å². The predicted molar refractivity (Wildman–Crippen MR) is 98.8 cm³/mol. The number of rotatable bonds is 5. The third-order valence-corrected chi connectivity index (χ3v) is 7.43. The van der Waals surface area contributed by atoms with Crippen molar-refractivity contribution in [3.63, 3.8) is 0 Å². The first kappa shape index (κ1) is 17.2. The smallest absolute Gasteiger partial charge is 0.233 e. The molecule has 1 aliphatic heterocycles. The largest absolute Gasteiger partial charge is 0.335 e. The standard InChI is InChI=1S/C16H18ClN3O3S2/c17-10-1-4-13-14(7-10)19-16(18-13)24-8-15(21)20(11-2-3-11)12-5-6-25(22,23)9-12/h1,4,7,11-12H,2-3,5-6,8-9H2,(H,18,19)/t12-/m0/s1. The van der Waals surface area contributed by atoms with Crippen molar-refractivity contribution in [2.45, 2.75) is 36.5 Å². The lowest BCUT2D eigenvalue weighted by molar-refractivity contribution is -0.130. The first-order chi connectivity index (χ1) is 11.9. The molecule has 9 heteroatoms. The molecular formula is C16H18ClN3O3S2. The lowest BCUT2D eigenvalue weighted by Crippen LogP contribution is -2.43. The van der Waals surface area contributed by atoms with Gasteiger partial charge in [-0.15, -0.1) is 0 Å². The Bertz CT molecular complexity index is 924. The van der Waals surface area contributed by atoms with Crippen LogP contribution in [0.3, 0.4) is 0 Å². The van der Waals surface area contributed by atoms with Crippen LogP contribution >= 0.6 is 23.4 Å². The second kappa shape index (κ2) is 6.48. The molecule has 1 amide bonds. The Morgan fingerprint density at radius 1 is 1.32 bits per heavy atom. The average molecular weight is 400 g/mol. The van der Waals surface area contributed by atoms with Crippen LogP contribution in [-0.2, 0) is 14.6 Å². The summed E-state index contributed by atoms with van der Waals surface area (Å²) >= 11 is 7.31. The Morgan fingerprint density at radius 3 is 2.80 bits per heavy atom. The molecule has 0 bridgehead atoms. The number of carbonyl (C=O) groups is 1. The predicted octanol–water partition coefficient (Wildman–Crippen LogP) is 2.49. The molecule has 1 aromatic carbocycles. The zero-order chi connectivity index (χ0) is 17.6. The summed E-state index contributed by atoms with van der Waals surface area (Å²) in [5.74, 6) is 0.531. The van der Waals surface area contributed by atoms with Gasteiger partial charge in [-0.05, 0) is 37.5 Å². The maximum atomic E-state index is 12.7. The van der Waals surface area contributed by atoms with E-state index in [0.717, 1.165) is 23.9 Å². The van der Waals surface area contributed by atoms with Crippen molar-refractivity contribution >= 4 is 50.1 Å². The van der Waals surface area contributed by atoms with Gasteiger partial charge in [0.15, 0.2) is 15.0 Å². The van der Waals surface area contributed by atoms with E-state index in [1.807, 2.05) is 11.0 Å². The van der Waals surface area contributed by atoms with Crippen molar-refractivity contribution < 1.29 is 13.2 Å². The number of hydrogen-bond acceptors (Lipinski definition) is 5. The summed E-state index contributed by atoms with van der Waals surface area (Å²) in [7, 11) is -3.00. The molecule has 0 spiro atoms. The molecule has 2 aromatic rings. The van der Waals surface area contributed by atoms with Gasteiger partial charge in [0, 0.05) is 17.1 Å². The summed E-state index contributed by atoms with van der Waals surface area (Å²) in [6.07, 6.45) is 2.49. The fourth-order valence-electron chi connectivity index (χ4n) is 3.28. The van der Waals surface area contributed by atoms with Gasteiger partial charge in [-0.25, -0.2) is 13.4 Å². The Morgan fingerprint density at radius 2 is 2.12 bits per heavy atom. The van der Waals surface area contributed by atoms with Crippen molar-refractivity contribution in [1.82, 2.24) is 14.9 Å². The molecule has 1 aliphatic carbocycles. The first-order valence-corrected chi connectivity index (χ1v) is 11.4. The average Bonchev–Trinajstić information content (AvgIpc) is 3.19. The molecule has 25 heavy (non-hydrogen) atoms. The van der Waals surface area contributed by atoms with Gasteiger partial charge in [-0.2, -0.15) is 0 Å². The molecule has 1 N–H and O–H groups in total. The Balaban J connectivity index is 1.44. The lowest BCUT2D eigenvalue weighted by atomic mass is 10.2. The number of benzene rings is 1. The number of thioether (sulfide) groups is 1. The van der Waals surface area contributed by atoms with Gasteiger partial charge in [0.05, 0.1) is 28.3 Å². The number of aromatic nitrogens is 2. The normalized spacial score (nSPS) is 22.4. The van der Waals surface area contributed by atoms with E-state index in [4.69, 9.17) is 11.6 Å². The Hall–Kier alpha value is -1.25. The second-order valence-electron chi connectivity index (χ2n) is 6.58. The topological polar surface area (TPSA) is 83.1 Å². The van der Waals surface area contributed by atoms with Crippen LogP contribution < -0.4 is 0 Å². The molecule has 1 saturated heterocycles. The third-order valence-electron chi connectivity index (χ3n) is 4.58. The van der Waals surface area contributed by atoms with Crippen LogP contribution in [0, 0.1) is 0 Å². The number of sulfone groups is 1. The molecule has 6 nitrogen and oxygen atoms in total. The van der Waals surface area contributed by atoms with Gasteiger partial charge in [0.2, 0.25) is 5.91 Å². The number of halogens is 1. The van der Waals surface area contributed by atoms with Gasteiger partial charge >= 0.3 is 0 Å². The zero-order valence-electron chi connectivity index (χ0n) is 13.4. The van der Waals surface area contributed by atoms with Crippen LogP contribution in [0.25, 0.3) is 11.0 Å². The van der Waals surface area contributed by atoms with E-state index >= 15 is 0 Å². The fourth-order valence-corrected chi connectivity index (χ4v) is 5.92. The maximum Gasteiger partial charge on any atom is 0.233 e. The van der Waals surface area contributed by atoms with Crippen molar-refractivity contribution in [3.05, 3.63) is 23.2 Å². The van der Waals surface area contributed by atoms with E-state index < -0.39 is 9.84 Å². The van der Waals surface area contributed by atoms with Gasteiger partial charge in [0.1, 0.15) is 0 Å². The highest BCUT2D eigenvalue weighted by Crippen LogP contribution is 2.33. The Labute approximate surface area is 155 Å². The molecule has 1 atom stereocenters. The molecular weight excluding hydrogens is 382 g/mol. The quantitative estimate of drug-likeness (QED) is 0.781. The second-order valence-corrected chi connectivity index (χ2v) is 10.2. The third kappa shape index (κ3) is 3.80. The number of hydrogen-bond donors (Lipinski definition) is 1. The van der Waals surface area contributed by atoms with Crippen LogP contribution in [0.5, 0.6) is 0 Å². The van der Waals surface area contributed by atoms with Crippen molar-refractivity contribution in [2.24, 2.45) is 0 Å². The van der Waals surface area contributed by atoms with E-state index in [1.165, 1.54) is 11.8 Å². The molecule has 1 aromatic heterocycles. The maximum absolute atomic E-state index is 12.7. The summed E-state index contributed by atoms with van der Waals surface area (Å²) in [6.45, 7) is 0. The van der Waals surface area contributed by atoms with Crippen molar-refractivity contribution in [3.8, 4) is 0 Å². The molecule has 134 valence electrons. The minimum atomic E-state index is -3.00.